The lowest BCUT2D eigenvalue weighted by atomic mass is 10.1. The summed E-state index contributed by atoms with van der Waals surface area (Å²) >= 11 is 6.30. The topological polar surface area (TPSA) is 82.9 Å². The molecule has 2 aromatic heterocycles. The minimum Gasteiger partial charge on any atom is -0.383 e. The molecule has 0 saturated heterocycles. The molecule has 21 heavy (non-hydrogen) atoms. The van der Waals surface area contributed by atoms with E-state index in [1.165, 1.54) is 0 Å². The Morgan fingerprint density at radius 1 is 1.48 bits per heavy atom. The van der Waals surface area contributed by atoms with Gasteiger partial charge in [-0.3, -0.25) is 15.2 Å². The van der Waals surface area contributed by atoms with Crippen molar-refractivity contribution < 1.29 is 4.74 Å². The molecule has 0 amide bonds. The molecule has 2 rings (SSSR count). The first-order chi connectivity index (χ1) is 10.1. The summed E-state index contributed by atoms with van der Waals surface area (Å²) in [5, 5.41) is 9.31. The SMILES string of the molecule is CCn1nc(C)cc1C(NN)c1c(Cl)cnn1CCOC. The smallest absolute Gasteiger partial charge is 0.106 e. The van der Waals surface area contributed by atoms with Crippen LogP contribution >= 0.6 is 11.6 Å². The normalized spacial score (nSPS) is 12.8. The van der Waals surface area contributed by atoms with Gasteiger partial charge in [0.1, 0.15) is 6.04 Å². The maximum atomic E-state index is 6.30. The first-order valence-electron chi connectivity index (χ1n) is 6.83. The Morgan fingerprint density at radius 3 is 2.86 bits per heavy atom. The Balaban J connectivity index is 2.43. The summed E-state index contributed by atoms with van der Waals surface area (Å²) in [4.78, 5) is 0. The lowest BCUT2D eigenvalue weighted by Gasteiger charge is -2.19. The van der Waals surface area contributed by atoms with E-state index in [1.54, 1.807) is 18.0 Å². The molecule has 0 aliphatic heterocycles. The Morgan fingerprint density at radius 2 is 2.24 bits per heavy atom. The van der Waals surface area contributed by atoms with Crippen molar-refractivity contribution in [2.45, 2.75) is 33.0 Å². The van der Waals surface area contributed by atoms with Gasteiger partial charge in [-0.2, -0.15) is 10.2 Å². The molecule has 2 heterocycles. The van der Waals surface area contributed by atoms with Gasteiger partial charge < -0.3 is 4.74 Å². The number of hydrazine groups is 1. The Labute approximate surface area is 129 Å². The average Bonchev–Trinajstić information content (AvgIpc) is 3.02. The zero-order chi connectivity index (χ0) is 15.4. The zero-order valence-corrected chi connectivity index (χ0v) is 13.3. The summed E-state index contributed by atoms with van der Waals surface area (Å²) in [6.45, 7) is 5.90. The van der Waals surface area contributed by atoms with Gasteiger partial charge in [-0.15, -0.1) is 0 Å². The van der Waals surface area contributed by atoms with E-state index in [0.29, 0.717) is 18.2 Å². The fourth-order valence-electron chi connectivity index (χ4n) is 2.37. The van der Waals surface area contributed by atoms with Crippen molar-refractivity contribution in [3.05, 3.63) is 34.4 Å². The van der Waals surface area contributed by atoms with Gasteiger partial charge in [0, 0.05) is 13.7 Å². The molecular formula is C13H21ClN6O. The molecule has 116 valence electrons. The van der Waals surface area contributed by atoms with Crippen LogP contribution in [0.25, 0.3) is 0 Å². The van der Waals surface area contributed by atoms with Crippen LogP contribution in [0.15, 0.2) is 12.3 Å². The number of rotatable bonds is 7. The molecule has 0 radical (unpaired) electrons. The molecule has 1 atom stereocenters. The third kappa shape index (κ3) is 3.26. The van der Waals surface area contributed by atoms with Crippen molar-refractivity contribution >= 4 is 11.6 Å². The number of hydrogen-bond donors (Lipinski definition) is 2. The van der Waals surface area contributed by atoms with Crippen LogP contribution in [-0.2, 0) is 17.8 Å². The van der Waals surface area contributed by atoms with Gasteiger partial charge in [0.05, 0.1) is 41.5 Å². The van der Waals surface area contributed by atoms with E-state index in [1.807, 2.05) is 24.6 Å². The van der Waals surface area contributed by atoms with E-state index < -0.39 is 0 Å². The van der Waals surface area contributed by atoms with Crippen molar-refractivity contribution in [2.24, 2.45) is 5.84 Å². The molecule has 3 N–H and O–H groups in total. The Hall–Kier alpha value is -1.41. The van der Waals surface area contributed by atoms with Crippen LogP contribution < -0.4 is 11.3 Å². The molecule has 0 aliphatic carbocycles. The molecule has 7 nitrogen and oxygen atoms in total. The Bertz CT molecular complexity index is 593. The number of nitrogens with zero attached hydrogens (tertiary/aromatic N) is 4. The second kappa shape index (κ2) is 7.04. The molecule has 0 fully saturated rings. The minimum atomic E-state index is -0.280. The van der Waals surface area contributed by atoms with Crippen LogP contribution in [0.2, 0.25) is 5.02 Å². The summed E-state index contributed by atoms with van der Waals surface area (Å²) in [5.74, 6) is 5.77. The summed E-state index contributed by atoms with van der Waals surface area (Å²) in [6.07, 6.45) is 1.62. The molecule has 0 bridgehead atoms. The lowest BCUT2D eigenvalue weighted by molar-refractivity contribution is 0.182. The second-order valence-electron chi connectivity index (χ2n) is 4.72. The van der Waals surface area contributed by atoms with Gasteiger partial charge >= 0.3 is 0 Å². The molecule has 2 aromatic rings. The highest BCUT2D eigenvalue weighted by Crippen LogP contribution is 2.28. The fraction of sp³-hybridized carbons (Fsp3) is 0.538. The van der Waals surface area contributed by atoms with E-state index in [-0.39, 0.29) is 6.04 Å². The van der Waals surface area contributed by atoms with E-state index in [4.69, 9.17) is 22.2 Å². The number of ether oxygens (including phenoxy) is 1. The number of hydrogen-bond acceptors (Lipinski definition) is 5. The maximum Gasteiger partial charge on any atom is 0.106 e. The van der Waals surface area contributed by atoms with E-state index in [2.05, 4.69) is 15.6 Å². The molecule has 0 aromatic carbocycles. The van der Waals surface area contributed by atoms with Crippen LogP contribution in [0.5, 0.6) is 0 Å². The lowest BCUT2D eigenvalue weighted by Crippen LogP contribution is -2.33. The number of halogens is 1. The van der Waals surface area contributed by atoms with Crippen molar-refractivity contribution in [3.8, 4) is 0 Å². The summed E-state index contributed by atoms with van der Waals surface area (Å²) < 4.78 is 8.82. The third-order valence-electron chi connectivity index (χ3n) is 3.31. The second-order valence-corrected chi connectivity index (χ2v) is 5.13. The monoisotopic (exact) mass is 312 g/mol. The fourth-order valence-corrected chi connectivity index (χ4v) is 2.62. The van der Waals surface area contributed by atoms with Gasteiger partial charge in [-0.1, -0.05) is 11.6 Å². The number of methoxy groups -OCH3 is 1. The van der Waals surface area contributed by atoms with Crippen LogP contribution in [0.4, 0.5) is 0 Å². The van der Waals surface area contributed by atoms with Crippen LogP contribution in [0.1, 0.15) is 30.0 Å². The van der Waals surface area contributed by atoms with Crippen LogP contribution in [0, 0.1) is 6.92 Å². The number of nitrogens with two attached hydrogens (primary N) is 1. The number of nitrogens with one attached hydrogen (secondary N) is 1. The molecule has 1 unspecified atom stereocenters. The van der Waals surface area contributed by atoms with Crippen molar-refractivity contribution in [1.82, 2.24) is 25.0 Å². The van der Waals surface area contributed by atoms with Crippen LogP contribution in [-0.4, -0.2) is 33.3 Å². The Kier molecular flexibility index (Phi) is 5.35. The summed E-state index contributed by atoms with van der Waals surface area (Å²) in [6, 6.07) is 1.72. The number of aryl methyl sites for hydroxylation is 2. The van der Waals surface area contributed by atoms with Crippen molar-refractivity contribution in [2.75, 3.05) is 13.7 Å². The van der Waals surface area contributed by atoms with Gasteiger partial charge in [-0.05, 0) is 19.9 Å². The van der Waals surface area contributed by atoms with Crippen molar-refractivity contribution in [3.63, 3.8) is 0 Å². The van der Waals surface area contributed by atoms with Gasteiger partial charge in [0.25, 0.3) is 0 Å². The maximum absolute atomic E-state index is 6.30. The zero-order valence-electron chi connectivity index (χ0n) is 12.5. The highest BCUT2D eigenvalue weighted by molar-refractivity contribution is 6.31. The van der Waals surface area contributed by atoms with Crippen LogP contribution in [0.3, 0.4) is 0 Å². The van der Waals surface area contributed by atoms with Gasteiger partial charge in [0.2, 0.25) is 0 Å². The summed E-state index contributed by atoms with van der Waals surface area (Å²) in [5.41, 5.74) is 5.52. The average molecular weight is 313 g/mol. The predicted molar refractivity (Wildman–Crippen MR) is 80.9 cm³/mol. The molecule has 8 heteroatoms. The summed E-state index contributed by atoms with van der Waals surface area (Å²) in [7, 11) is 1.65. The molecule has 0 saturated carbocycles. The number of aromatic nitrogens is 4. The first kappa shape index (κ1) is 16.0. The molecule has 0 aliphatic rings. The minimum absolute atomic E-state index is 0.280. The van der Waals surface area contributed by atoms with Gasteiger partial charge in [-0.25, -0.2) is 5.43 Å². The van der Waals surface area contributed by atoms with Gasteiger partial charge in [0.15, 0.2) is 0 Å². The molecular weight excluding hydrogens is 292 g/mol. The first-order valence-corrected chi connectivity index (χ1v) is 7.20. The standard InChI is InChI=1S/C13H21ClN6O/c1-4-19-11(7-9(2)18-19)12(17-15)13-10(14)8-16-20(13)5-6-21-3/h7-8,12,17H,4-6,15H2,1-3H3. The highest BCUT2D eigenvalue weighted by atomic mass is 35.5. The highest BCUT2D eigenvalue weighted by Gasteiger charge is 2.24. The van der Waals surface area contributed by atoms with E-state index in [0.717, 1.165) is 23.6 Å². The van der Waals surface area contributed by atoms with E-state index in [9.17, 15) is 0 Å². The predicted octanol–water partition coefficient (Wildman–Crippen LogP) is 1.26. The quantitative estimate of drug-likeness (QED) is 0.594. The third-order valence-corrected chi connectivity index (χ3v) is 3.60. The van der Waals surface area contributed by atoms with E-state index >= 15 is 0 Å². The molecule has 0 spiro atoms. The van der Waals surface area contributed by atoms with Crippen molar-refractivity contribution in [1.29, 1.82) is 0 Å². The largest absolute Gasteiger partial charge is 0.383 e.